The van der Waals surface area contributed by atoms with Gasteiger partial charge in [0.1, 0.15) is 0 Å². The minimum Gasteiger partial charge on any atom is -0.304 e. The van der Waals surface area contributed by atoms with Crippen LogP contribution in [0.4, 0.5) is 0 Å². The third kappa shape index (κ3) is 4.97. The number of fused-ring (bicyclic) bond motifs is 1. The number of aromatic nitrogens is 5. The molecule has 1 aliphatic rings. The van der Waals surface area contributed by atoms with Gasteiger partial charge in [-0.05, 0) is 31.3 Å². The minimum absolute atomic E-state index is 0.0419. The average molecular weight is 442 g/mol. The third-order valence-electron chi connectivity index (χ3n) is 6.12. The predicted molar refractivity (Wildman–Crippen MR) is 127 cm³/mol. The van der Waals surface area contributed by atoms with E-state index >= 15 is 0 Å². The Kier molecular flexibility index (Phi) is 5.93. The normalized spacial score (nSPS) is 15.2. The van der Waals surface area contributed by atoms with Crippen molar-refractivity contribution in [3.63, 3.8) is 0 Å². The number of rotatable bonds is 6. The van der Waals surface area contributed by atoms with Gasteiger partial charge in [0.05, 0.1) is 30.0 Å². The van der Waals surface area contributed by atoms with Crippen molar-refractivity contribution in [1.29, 1.82) is 0 Å². The van der Waals surface area contributed by atoms with E-state index in [9.17, 15) is 4.79 Å². The smallest absolute Gasteiger partial charge is 0.168 e. The maximum Gasteiger partial charge on any atom is 0.168 e. The van der Waals surface area contributed by atoms with Crippen LogP contribution in [0.5, 0.6) is 0 Å². The lowest BCUT2D eigenvalue weighted by Crippen LogP contribution is -2.44. The van der Waals surface area contributed by atoms with E-state index in [1.165, 1.54) is 0 Å². The SMILES string of the molecule is CN1CCN(Cc2cc(C(=O)Cc3cc4cc(-c5cnn(C)c5)cnc4cn3)ccn2)CC1. The molecule has 8 heteroatoms. The number of nitrogens with zero attached hydrogens (tertiary/aromatic N) is 7. The molecule has 0 spiro atoms. The summed E-state index contributed by atoms with van der Waals surface area (Å²) >= 11 is 0. The molecule has 4 aromatic rings. The number of pyridine rings is 3. The van der Waals surface area contributed by atoms with Gasteiger partial charge in [0, 0.05) is 86.1 Å². The molecule has 4 aromatic heterocycles. The highest BCUT2D eigenvalue weighted by Crippen LogP contribution is 2.22. The van der Waals surface area contributed by atoms with Crippen molar-refractivity contribution in [2.75, 3.05) is 33.2 Å². The van der Waals surface area contributed by atoms with Gasteiger partial charge in [-0.25, -0.2) is 0 Å². The van der Waals surface area contributed by atoms with Gasteiger partial charge < -0.3 is 4.90 Å². The standard InChI is InChI=1S/C25H27N7O/c1-30-5-7-32(8-6-30)17-23-10-18(3-4-26-23)25(33)12-22-11-19-9-20(13-28-24(19)15-27-22)21-14-29-31(2)16-21/h3-4,9-11,13-16H,5-8,12,17H2,1-2H3. The zero-order valence-electron chi connectivity index (χ0n) is 19.0. The molecule has 0 N–H and O–H groups in total. The Balaban J connectivity index is 1.31. The van der Waals surface area contributed by atoms with E-state index in [0.717, 1.165) is 66.1 Å². The van der Waals surface area contributed by atoms with E-state index in [1.807, 2.05) is 37.8 Å². The summed E-state index contributed by atoms with van der Waals surface area (Å²) in [5, 5.41) is 5.19. The number of hydrogen-bond donors (Lipinski definition) is 0. The van der Waals surface area contributed by atoms with Crippen molar-refractivity contribution in [3.05, 3.63) is 72.2 Å². The van der Waals surface area contributed by atoms with Gasteiger partial charge >= 0.3 is 0 Å². The van der Waals surface area contributed by atoms with Crippen molar-refractivity contribution in [3.8, 4) is 11.1 Å². The van der Waals surface area contributed by atoms with Crippen molar-refractivity contribution in [2.24, 2.45) is 7.05 Å². The van der Waals surface area contributed by atoms with Gasteiger partial charge in [0.15, 0.2) is 5.78 Å². The highest BCUT2D eigenvalue weighted by Gasteiger charge is 2.16. The predicted octanol–water partition coefficient (Wildman–Crippen LogP) is 2.60. The Morgan fingerprint density at radius 2 is 1.76 bits per heavy atom. The first kappa shape index (κ1) is 21.4. The highest BCUT2D eigenvalue weighted by molar-refractivity contribution is 5.97. The molecule has 0 atom stereocenters. The van der Waals surface area contributed by atoms with E-state index in [0.29, 0.717) is 5.56 Å². The summed E-state index contributed by atoms with van der Waals surface area (Å²) in [6, 6.07) is 7.73. The molecular weight excluding hydrogens is 414 g/mol. The van der Waals surface area contributed by atoms with Crippen LogP contribution in [0.15, 0.2) is 55.2 Å². The lowest BCUT2D eigenvalue weighted by atomic mass is 10.0. The Morgan fingerprint density at radius 3 is 2.55 bits per heavy atom. The summed E-state index contributed by atoms with van der Waals surface area (Å²) in [5.74, 6) is 0.0419. The zero-order valence-corrected chi connectivity index (χ0v) is 19.0. The first-order valence-electron chi connectivity index (χ1n) is 11.2. The fraction of sp³-hybridized carbons (Fsp3) is 0.320. The van der Waals surface area contributed by atoms with E-state index in [2.05, 4.69) is 43.0 Å². The number of carbonyl (C=O) groups is 1. The average Bonchev–Trinajstić information content (AvgIpc) is 3.26. The summed E-state index contributed by atoms with van der Waals surface area (Å²) in [4.78, 5) is 31.2. The largest absolute Gasteiger partial charge is 0.304 e. The Labute approximate surface area is 192 Å². The van der Waals surface area contributed by atoms with Crippen molar-refractivity contribution in [1.82, 2.24) is 34.5 Å². The molecule has 0 aromatic carbocycles. The molecule has 0 saturated carbocycles. The second kappa shape index (κ2) is 9.17. The topological polar surface area (TPSA) is 80.0 Å². The van der Waals surface area contributed by atoms with Gasteiger partial charge in [0.2, 0.25) is 0 Å². The fourth-order valence-corrected chi connectivity index (χ4v) is 4.14. The molecule has 0 radical (unpaired) electrons. The Hall–Kier alpha value is -3.49. The van der Waals surface area contributed by atoms with Crippen LogP contribution in [0.3, 0.4) is 0 Å². The number of likely N-dealkylation sites (N-methyl/N-ethyl adjacent to an activating group) is 1. The van der Waals surface area contributed by atoms with Gasteiger partial charge in [-0.2, -0.15) is 5.10 Å². The van der Waals surface area contributed by atoms with Gasteiger partial charge in [-0.1, -0.05) is 0 Å². The molecule has 1 fully saturated rings. The monoisotopic (exact) mass is 441 g/mol. The van der Waals surface area contributed by atoms with Gasteiger partial charge in [0.25, 0.3) is 0 Å². The summed E-state index contributed by atoms with van der Waals surface area (Å²) in [6.45, 7) is 4.93. The molecule has 1 aliphatic heterocycles. The molecular formula is C25H27N7O. The second-order valence-corrected chi connectivity index (χ2v) is 8.71. The van der Waals surface area contributed by atoms with Gasteiger partial charge in [-0.15, -0.1) is 0 Å². The van der Waals surface area contributed by atoms with E-state index in [-0.39, 0.29) is 12.2 Å². The molecule has 0 amide bonds. The maximum absolute atomic E-state index is 13.0. The number of ketones is 1. The number of hydrogen-bond acceptors (Lipinski definition) is 7. The van der Waals surface area contributed by atoms with Crippen molar-refractivity contribution in [2.45, 2.75) is 13.0 Å². The summed E-state index contributed by atoms with van der Waals surface area (Å²) in [7, 11) is 4.03. The molecule has 0 unspecified atom stereocenters. The van der Waals surface area contributed by atoms with E-state index < -0.39 is 0 Å². The summed E-state index contributed by atoms with van der Waals surface area (Å²) < 4.78 is 1.77. The Morgan fingerprint density at radius 1 is 0.909 bits per heavy atom. The fourth-order valence-electron chi connectivity index (χ4n) is 4.14. The molecule has 5 rings (SSSR count). The molecule has 0 bridgehead atoms. The number of piperazine rings is 1. The zero-order chi connectivity index (χ0) is 22.8. The van der Waals surface area contributed by atoms with Crippen LogP contribution in [-0.2, 0) is 20.0 Å². The van der Waals surface area contributed by atoms with Crippen LogP contribution in [0, 0.1) is 0 Å². The molecule has 168 valence electrons. The first-order valence-corrected chi connectivity index (χ1v) is 11.2. The summed E-state index contributed by atoms with van der Waals surface area (Å²) in [5.41, 5.74) is 5.14. The summed E-state index contributed by atoms with van der Waals surface area (Å²) in [6.07, 6.45) is 9.30. The molecule has 8 nitrogen and oxygen atoms in total. The van der Waals surface area contributed by atoms with Crippen molar-refractivity contribution >= 4 is 16.7 Å². The number of carbonyl (C=O) groups excluding carboxylic acids is 1. The molecule has 5 heterocycles. The van der Waals surface area contributed by atoms with Crippen LogP contribution in [0.1, 0.15) is 21.7 Å². The van der Waals surface area contributed by atoms with Crippen LogP contribution in [-0.4, -0.2) is 73.5 Å². The van der Waals surface area contributed by atoms with Crippen LogP contribution in [0.25, 0.3) is 22.0 Å². The third-order valence-corrected chi connectivity index (χ3v) is 6.12. The van der Waals surface area contributed by atoms with Crippen molar-refractivity contribution < 1.29 is 4.79 Å². The highest BCUT2D eigenvalue weighted by atomic mass is 16.1. The Bertz CT molecular complexity index is 1290. The van der Waals surface area contributed by atoms with E-state index in [1.54, 1.807) is 23.1 Å². The van der Waals surface area contributed by atoms with Gasteiger partial charge in [-0.3, -0.25) is 29.3 Å². The number of aryl methyl sites for hydroxylation is 1. The number of Topliss-reactive ketones (excluding diaryl/α,β-unsaturated/α-hetero) is 1. The first-order chi connectivity index (χ1) is 16.0. The maximum atomic E-state index is 13.0. The van der Waals surface area contributed by atoms with Crippen LogP contribution >= 0.6 is 0 Å². The van der Waals surface area contributed by atoms with Crippen LogP contribution < -0.4 is 0 Å². The lowest BCUT2D eigenvalue weighted by Gasteiger charge is -2.32. The molecule has 1 saturated heterocycles. The van der Waals surface area contributed by atoms with Crippen LogP contribution in [0.2, 0.25) is 0 Å². The minimum atomic E-state index is 0.0419. The molecule has 33 heavy (non-hydrogen) atoms. The second-order valence-electron chi connectivity index (χ2n) is 8.71. The van der Waals surface area contributed by atoms with E-state index in [4.69, 9.17) is 0 Å². The molecule has 0 aliphatic carbocycles. The lowest BCUT2D eigenvalue weighted by molar-refractivity contribution is 0.0991. The quantitative estimate of drug-likeness (QED) is 0.426.